The van der Waals surface area contributed by atoms with Crippen LogP contribution in [0.4, 0.5) is 0 Å². The predicted octanol–water partition coefficient (Wildman–Crippen LogP) is 1.39. The topological polar surface area (TPSA) is 55.6 Å². The first kappa shape index (κ1) is 14.5. The van der Waals surface area contributed by atoms with E-state index in [0.29, 0.717) is 18.4 Å². The zero-order valence-corrected chi connectivity index (χ0v) is 11.4. The number of piperidine rings is 1. The molecule has 1 atom stereocenters. The van der Waals surface area contributed by atoms with Gasteiger partial charge in [0.1, 0.15) is 6.04 Å². The lowest BCUT2D eigenvalue weighted by atomic mass is 9.82. The highest BCUT2D eigenvalue weighted by Crippen LogP contribution is 2.29. The first-order chi connectivity index (χ1) is 7.94. The van der Waals surface area contributed by atoms with Gasteiger partial charge >= 0.3 is 5.97 Å². The molecule has 1 rings (SSSR count). The Morgan fingerprint density at radius 3 is 2.53 bits per heavy atom. The van der Waals surface area contributed by atoms with E-state index in [0.717, 1.165) is 19.6 Å². The molecule has 1 saturated heterocycles. The molecule has 17 heavy (non-hydrogen) atoms. The Morgan fingerprint density at radius 1 is 1.41 bits per heavy atom. The summed E-state index contributed by atoms with van der Waals surface area (Å²) >= 11 is 0. The van der Waals surface area contributed by atoms with Gasteiger partial charge in [-0.3, -0.25) is 4.79 Å². The van der Waals surface area contributed by atoms with Crippen molar-refractivity contribution in [3.05, 3.63) is 0 Å². The minimum absolute atomic E-state index is 0.273. The third kappa shape index (κ3) is 5.04. The van der Waals surface area contributed by atoms with E-state index < -0.39 is 6.04 Å². The smallest absolute Gasteiger partial charge is 0.322 e. The van der Waals surface area contributed by atoms with Crippen molar-refractivity contribution in [2.24, 2.45) is 11.1 Å². The minimum Gasteiger partial charge on any atom is -0.465 e. The molecular weight excluding hydrogens is 216 g/mol. The number of ether oxygens (including phenoxy) is 1. The van der Waals surface area contributed by atoms with Crippen molar-refractivity contribution in [3.8, 4) is 0 Å². The van der Waals surface area contributed by atoms with E-state index in [1.807, 2.05) is 0 Å². The van der Waals surface area contributed by atoms with Crippen LogP contribution in [-0.4, -0.2) is 43.2 Å². The Hall–Kier alpha value is -0.610. The molecule has 0 aromatic rings. The summed E-state index contributed by atoms with van der Waals surface area (Å²) in [6.45, 7) is 9.96. The third-order valence-electron chi connectivity index (χ3n) is 3.56. The summed E-state index contributed by atoms with van der Waals surface area (Å²) in [5.74, 6) is -0.273. The standard InChI is InChI=1S/C13H26N2O2/c1-4-17-12(16)11(14)5-8-15-9-6-13(2,3)7-10-15/h11H,4-10,14H2,1-3H3. The van der Waals surface area contributed by atoms with Crippen LogP contribution in [0.1, 0.15) is 40.0 Å². The molecule has 4 heteroatoms. The normalized spacial score (nSPS) is 22.1. The maximum absolute atomic E-state index is 11.4. The molecule has 0 radical (unpaired) electrons. The van der Waals surface area contributed by atoms with Gasteiger partial charge in [-0.1, -0.05) is 13.8 Å². The number of hydrogen-bond acceptors (Lipinski definition) is 4. The summed E-state index contributed by atoms with van der Waals surface area (Å²) in [4.78, 5) is 13.7. The molecule has 0 bridgehead atoms. The van der Waals surface area contributed by atoms with E-state index in [1.165, 1.54) is 12.8 Å². The Bertz CT molecular complexity index is 244. The van der Waals surface area contributed by atoms with Crippen LogP contribution < -0.4 is 5.73 Å². The molecule has 1 aliphatic rings. The molecule has 0 aliphatic carbocycles. The molecule has 0 aromatic heterocycles. The molecule has 0 amide bonds. The van der Waals surface area contributed by atoms with E-state index >= 15 is 0 Å². The summed E-state index contributed by atoms with van der Waals surface area (Å²) in [6.07, 6.45) is 3.14. The van der Waals surface area contributed by atoms with Gasteiger partial charge in [-0.05, 0) is 44.7 Å². The Morgan fingerprint density at radius 2 is 2.00 bits per heavy atom. The molecule has 1 unspecified atom stereocenters. The van der Waals surface area contributed by atoms with Crippen LogP contribution in [-0.2, 0) is 9.53 Å². The maximum Gasteiger partial charge on any atom is 0.322 e. The summed E-state index contributed by atoms with van der Waals surface area (Å²) in [5.41, 5.74) is 6.24. The summed E-state index contributed by atoms with van der Waals surface area (Å²) in [5, 5.41) is 0. The van der Waals surface area contributed by atoms with E-state index in [-0.39, 0.29) is 5.97 Å². The zero-order chi connectivity index (χ0) is 12.9. The van der Waals surface area contributed by atoms with Crippen molar-refractivity contribution in [2.75, 3.05) is 26.2 Å². The average molecular weight is 242 g/mol. The first-order valence-corrected chi connectivity index (χ1v) is 6.59. The fraction of sp³-hybridized carbons (Fsp3) is 0.923. The molecule has 0 spiro atoms. The average Bonchev–Trinajstić information content (AvgIpc) is 2.27. The number of nitrogens with zero attached hydrogens (tertiary/aromatic N) is 1. The van der Waals surface area contributed by atoms with Crippen LogP contribution in [0.2, 0.25) is 0 Å². The van der Waals surface area contributed by atoms with Gasteiger partial charge < -0.3 is 15.4 Å². The van der Waals surface area contributed by atoms with Crippen molar-refractivity contribution in [1.82, 2.24) is 4.90 Å². The van der Waals surface area contributed by atoms with Crippen LogP contribution in [0.15, 0.2) is 0 Å². The van der Waals surface area contributed by atoms with Gasteiger partial charge in [0.05, 0.1) is 6.61 Å². The summed E-state index contributed by atoms with van der Waals surface area (Å²) in [6, 6.07) is -0.468. The molecule has 4 nitrogen and oxygen atoms in total. The van der Waals surface area contributed by atoms with Gasteiger partial charge in [0.25, 0.3) is 0 Å². The van der Waals surface area contributed by atoms with Gasteiger partial charge in [0.2, 0.25) is 0 Å². The van der Waals surface area contributed by atoms with Crippen LogP contribution in [0, 0.1) is 5.41 Å². The van der Waals surface area contributed by atoms with Gasteiger partial charge in [-0.25, -0.2) is 0 Å². The molecule has 0 saturated carbocycles. The number of carbonyl (C=O) groups excluding carboxylic acids is 1. The zero-order valence-electron chi connectivity index (χ0n) is 11.4. The highest BCUT2D eigenvalue weighted by atomic mass is 16.5. The number of esters is 1. The lowest BCUT2D eigenvalue weighted by molar-refractivity contribution is -0.144. The molecule has 100 valence electrons. The first-order valence-electron chi connectivity index (χ1n) is 6.59. The fourth-order valence-electron chi connectivity index (χ4n) is 2.07. The van der Waals surface area contributed by atoms with Gasteiger partial charge in [0.15, 0.2) is 0 Å². The van der Waals surface area contributed by atoms with Crippen LogP contribution in [0.3, 0.4) is 0 Å². The van der Waals surface area contributed by atoms with Crippen LogP contribution in [0.5, 0.6) is 0 Å². The van der Waals surface area contributed by atoms with Crippen molar-refractivity contribution < 1.29 is 9.53 Å². The number of rotatable bonds is 5. The highest BCUT2D eigenvalue weighted by Gasteiger charge is 2.25. The minimum atomic E-state index is -0.468. The number of carbonyl (C=O) groups is 1. The Labute approximate surface area is 104 Å². The second kappa shape index (κ2) is 6.36. The van der Waals surface area contributed by atoms with E-state index in [1.54, 1.807) is 6.92 Å². The molecule has 2 N–H and O–H groups in total. The van der Waals surface area contributed by atoms with Crippen molar-refractivity contribution in [2.45, 2.75) is 46.1 Å². The second-order valence-electron chi connectivity index (χ2n) is 5.65. The lowest BCUT2D eigenvalue weighted by Gasteiger charge is -2.37. The Balaban J connectivity index is 2.21. The summed E-state index contributed by atoms with van der Waals surface area (Å²) in [7, 11) is 0. The van der Waals surface area contributed by atoms with Crippen LogP contribution >= 0.6 is 0 Å². The largest absolute Gasteiger partial charge is 0.465 e. The predicted molar refractivity (Wildman–Crippen MR) is 68.7 cm³/mol. The van der Waals surface area contributed by atoms with Crippen molar-refractivity contribution in [1.29, 1.82) is 0 Å². The van der Waals surface area contributed by atoms with E-state index in [2.05, 4.69) is 18.7 Å². The second-order valence-corrected chi connectivity index (χ2v) is 5.65. The monoisotopic (exact) mass is 242 g/mol. The lowest BCUT2D eigenvalue weighted by Crippen LogP contribution is -2.41. The third-order valence-corrected chi connectivity index (χ3v) is 3.56. The van der Waals surface area contributed by atoms with Crippen LogP contribution in [0.25, 0.3) is 0 Å². The van der Waals surface area contributed by atoms with Crippen molar-refractivity contribution >= 4 is 5.97 Å². The Kier molecular flexibility index (Phi) is 5.40. The summed E-state index contributed by atoms with van der Waals surface area (Å²) < 4.78 is 4.89. The quantitative estimate of drug-likeness (QED) is 0.740. The molecular formula is C13H26N2O2. The number of likely N-dealkylation sites (tertiary alicyclic amines) is 1. The molecule has 1 heterocycles. The van der Waals surface area contributed by atoms with Gasteiger partial charge in [-0.2, -0.15) is 0 Å². The maximum atomic E-state index is 11.4. The molecule has 1 fully saturated rings. The fourth-order valence-corrected chi connectivity index (χ4v) is 2.07. The van der Waals surface area contributed by atoms with E-state index in [4.69, 9.17) is 10.5 Å². The molecule has 0 aromatic carbocycles. The number of nitrogens with two attached hydrogens (primary N) is 1. The van der Waals surface area contributed by atoms with E-state index in [9.17, 15) is 4.79 Å². The molecule has 1 aliphatic heterocycles. The number of hydrogen-bond donors (Lipinski definition) is 1. The van der Waals surface area contributed by atoms with Gasteiger partial charge in [-0.15, -0.1) is 0 Å². The highest BCUT2D eigenvalue weighted by molar-refractivity contribution is 5.75. The SMILES string of the molecule is CCOC(=O)C(N)CCN1CCC(C)(C)CC1. The van der Waals surface area contributed by atoms with Gasteiger partial charge in [0, 0.05) is 6.54 Å². The van der Waals surface area contributed by atoms with Crippen molar-refractivity contribution in [3.63, 3.8) is 0 Å².